The average molecular weight is 1930 g/mol. The fourth-order valence-corrected chi connectivity index (χ4v) is 74.4. The molecule has 0 aromatic heterocycles. The minimum atomic E-state index is -3.34. The predicted octanol–water partition coefficient (Wildman–Crippen LogP) is 14.1. The fourth-order valence-electron chi connectivity index (χ4n) is 7.50. The molecule has 0 fully saturated rings. The Hall–Kier alpha value is -7.01. The van der Waals surface area contributed by atoms with Gasteiger partial charge in [0.15, 0.2) is 0 Å². The van der Waals surface area contributed by atoms with Crippen LogP contribution in [0, 0.1) is 0 Å². The van der Waals surface area contributed by atoms with E-state index in [0.717, 1.165) is 29.4 Å². The van der Waals surface area contributed by atoms with Crippen LogP contribution in [0.2, 0.25) is 0 Å². The molecule has 0 bridgehead atoms. The molecule has 0 radical (unpaired) electrons. The number of hydrogen-bond donors (Lipinski definition) is 6. The van der Waals surface area contributed by atoms with Crippen LogP contribution in [0.1, 0.15) is 62.1 Å². The summed E-state index contributed by atoms with van der Waals surface area (Å²) >= 11 is -10.0. The maximum atomic E-state index is 13.3. The molecule has 0 spiro atoms. The van der Waals surface area contributed by atoms with E-state index in [9.17, 15) is 28.8 Å². The van der Waals surface area contributed by atoms with Gasteiger partial charge in [-0.05, 0) is 0 Å². The molecule has 0 saturated heterocycles. The number of allylic oxidation sites excluding steroid dienone is 12. The molecule has 6 N–H and O–H groups in total. The summed E-state index contributed by atoms with van der Waals surface area (Å²) in [4.78, 5) is 85.4. The van der Waals surface area contributed by atoms with E-state index in [4.69, 9.17) is 0 Å². The molecule has 7 aromatic carbocycles. The molecule has 468 valence electrons. The number of benzene rings is 7. The number of hydrogen-bond acceptors (Lipinski definition) is 12. The third-order valence-electron chi connectivity index (χ3n) is 12.0. The van der Waals surface area contributed by atoms with Gasteiger partial charge in [-0.3, -0.25) is 0 Å². The predicted molar refractivity (Wildman–Crippen MR) is 397 cm³/mol. The van der Waals surface area contributed by atoms with Crippen LogP contribution in [0.25, 0.3) is 0 Å². The summed E-state index contributed by atoms with van der Waals surface area (Å²) in [6, 6.07) is 53.2. The van der Waals surface area contributed by atoms with Crippen LogP contribution in [0.4, 0.5) is 0 Å². The summed E-state index contributed by atoms with van der Waals surface area (Å²) in [6.07, 6.45) is 28.8. The van der Waals surface area contributed by atoms with Gasteiger partial charge in [0.2, 0.25) is 0 Å². The molecular formula is C72H63Bi3N6O6S6. The van der Waals surface area contributed by atoms with Crippen molar-refractivity contribution in [3.63, 3.8) is 0 Å². The summed E-state index contributed by atoms with van der Waals surface area (Å²) in [7, 11) is 11.0. The molecule has 0 aliphatic rings. The molecule has 93 heavy (non-hydrogen) atoms. The van der Waals surface area contributed by atoms with Crippen molar-refractivity contribution in [2.75, 3.05) is 0 Å². The maximum absolute atomic E-state index is 13.3. The molecule has 0 atom stereocenters. The molecule has 0 heterocycles. The number of carbonyl (C=O) groups excluding carboxylic acids is 6. The SMILES string of the molecule is C=CC=CNC(=O)c1ccc([S][Bi]([S]c2ccc(C(=O)NC=CC=C)cc2)[c]2c[c]([Bi]([S]c3ccc(C(=O)NC=CC=C)cc3)[S]c3ccc(C(=O)NC=CC=C)cc3)c[c]([Bi]([S]c3ccc(C(=O)NC=CC=C)cc3)[S]c3ccc(C(=O)NC=CC=C)cc3)c2)cc1. The second-order valence-corrected chi connectivity index (χ2v) is 72.6. The molecule has 6 amide bonds. The van der Waals surface area contributed by atoms with Crippen molar-refractivity contribution >= 4 is 153 Å². The van der Waals surface area contributed by atoms with Crippen LogP contribution in [0.5, 0.6) is 0 Å². The Morgan fingerprint density at radius 2 is 0.387 bits per heavy atom. The molecule has 21 heteroatoms. The zero-order valence-corrected chi connectivity index (χ0v) is 65.3. The van der Waals surface area contributed by atoms with Crippen LogP contribution in [0.15, 0.2) is 343 Å². The van der Waals surface area contributed by atoms with Crippen molar-refractivity contribution < 1.29 is 28.8 Å². The summed E-state index contributed by atoms with van der Waals surface area (Å²) in [5.74, 6) is -1.52. The van der Waals surface area contributed by atoms with Crippen LogP contribution >= 0.6 is 51.1 Å². The fraction of sp³-hybridized carbons (Fsp3) is 0. The molecular weight excluding hydrogens is 1860 g/mol. The van der Waals surface area contributed by atoms with Crippen LogP contribution in [-0.4, -0.2) is 91.9 Å². The molecule has 7 rings (SSSR count). The van der Waals surface area contributed by atoms with Crippen LogP contribution in [0.3, 0.4) is 0 Å². The van der Waals surface area contributed by atoms with Gasteiger partial charge in [-0.15, -0.1) is 0 Å². The first-order valence-electron chi connectivity index (χ1n) is 28.1. The zero-order chi connectivity index (χ0) is 66.2. The molecule has 0 saturated carbocycles. The molecule has 0 unspecified atom stereocenters. The number of rotatable bonds is 33. The Labute approximate surface area is 582 Å². The summed E-state index contributed by atoms with van der Waals surface area (Å²) in [5, 5.41) is 16.8. The standard InChI is InChI=1S/6C11H11NOS.C6H3.3Bi/c6*1-2-3-8-12-11(13)9-4-6-10(14)7-5-9;1-2-4-6-5-3-1;;;/h6*2-8,14H,1H2,(H,12,13);1,4-5H;;;/q;;;;;;;3*+2/p-6. The number of carbonyl (C=O) groups is 6. The zero-order valence-electron chi connectivity index (χ0n) is 50.0. The Morgan fingerprint density at radius 1 is 0.247 bits per heavy atom. The van der Waals surface area contributed by atoms with Gasteiger partial charge in [0, 0.05) is 0 Å². The third-order valence-corrected chi connectivity index (χ3v) is 73.1. The normalized spacial score (nSPS) is 11.4. The molecule has 12 nitrogen and oxygen atoms in total. The van der Waals surface area contributed by atoms with Crippen molar-refractivity contribution in [1.82, 2.24) is 31.9 Å². The van der Waals surface area contributed by atoms with E-state index in [2.05, 4.69) is 89.6 Å². The quantitative estimate of drug-likeness (QED) is 0.0170. The van der Waals surface area contributed by atoms with Gasteiger partial charge in [0.1, 0.15) is 0 Å². The van der Waals surface area contributed by atoms with Gasteiger partial charge >= 0.3 is 590 Å². The molecule has 7 aromatic rings. The van der Waals surface area contributed by atoms with Crippen molar-refractivity contribution in [3.05, 3.63) is 347 Å². The second kappa shape index (κ2) is 40.3. The van der Waals surface area contributed by atoms with E-state index in [1.165, 1.54) is 9.81 Å². The third kappa shape index (κ3) is 24.4. The first kappa shape index (κ1) is 73.4. The molecule has 0 aliphatic carbocycles. The van der Waals surface area contributed by atoms with Gasteiger partial charge in [-0.1, -0.05) is 0 Å². The Bertz CT molecular complexity index is 3350. The van der Waals surface area contributed by atoms with Gasteiger partial charge in [0.25, 0.3) is 0 Å². The van der Waals surface area contributed by atoms with Crippen molar-refractivity contribution in [1.29, 1.82) is 0 Å². The first-order valence-corrected chi connectivity index (χ1v) is 63.5. The number of nitrogens with one attached hydrogen (secondary N) is 6. The van der Waals surface area contributed by atoms with E-state index in [1.54, 1.807) is 110 Å². The van der Waals surface area contributed by atoms with E-state index in [0.29, 0.717) is 33.4 Å². The van der Waals surface area contributed by atoms with Crippen molar-refractivity contribution in [3.8, 4) is 0 Å². The average Bonchev–Trinajstić information content (AvgIpc) is 0.834. The van der Waals surface area contributed by atoms with Crippen LogP contribution in [-0.2, 0) is 0 Å². The summed E-state index contributed by atoms with van der Waals surface area (Å²) in [6.45, 7) is 22.2. The molecule has 0 aliphatic heterocycles. The monoisotopic (exact) mass is 1930 g/mol. The number of amides is 6. The minimum absolute atomic E-state index is 0.254. The van der Waals surface area contributed by atoms with Gasteiger partial charge in [0.05, 0.1) is 0 Å². The van der Waals surface area contributed by atoms with Gasteiger partial charge in [-0.25, -0.2) is 0 Å². The van der Waals surface area contributed by atoms with Gasteiger partial charge in [-0.2, -0.15) is 0 Å². The summed E-state index contributed by atoms with van der Waals surface area (Å²) < 4.78 is 3.67. The van der Waals surface area contributed by atoms with E-state index >= 15 is 0 Å². The van der Waals surface area contributed by atoms with Gasteiger partial charge < -0.3 is 0 Å². The topological polar surface area (TPSA) is 175 Å². The summed E-state index contributed by atoms with van der Waals surface area (Å²) in [5.41, 5.74) is 2.98. The van der Waals surface area contributed by atoms with E-state index in [-0.39, 0.29) is 35.4 Å². The van der Waals surface area contributed by atoms with Crippen LogP contribution < -0.4 is 41.7 Å². The second-order valence-electron chi connectivity index (χ2n) is 18.6. The Kier molecular flexibility index (Phi) is 31.8. The van der Waals surface area contributed by atoms with Crippen molar-refractivity contribution in [2.45, 2.75) is 29.4 Å². The van der Waals surface area contributed by atoms with E-state index in [1.807, 2.05) is 197 Å². The Morgan fingerprint density at radius 3 is 0.516 bits per heavy atom. The first-order chi connectivity index (χ1) is 45.3. The van der Waals surface area contributed by atoms with E-state index < -0.39 is 56.5 Å². The Balaban J connectivity index is 1.44. The van der Waals surface area contributed by atoms with Crippen molar-refractivity contribution in [2.24, 2.45) is 0 Å².